The van der Waals surface area contributed by atoms with Crippen molar-refractivity contribution in [3.8, 4) is 0 Å². The average Bonchev–Trinajstić information content (AvgIpc) is 2.93. The Morgan fingerprint density at radius 3 is 3.10 bits per heavy atom. The summed E-state index contributed by atoms with van der Waals surface area (Å²) in [5.74, 6) is -0.151. The normalized spacial score (nSPS) is 30.1. The second kappa shape index (κ2) is 4.24. The van der Waals surface area contributed by atoms with Crippen LogP contribution in [0.3, 0.4) is 0 Å². The molecule has 3 heterocycles. The highest BCUT2D eigenvalue weighted by molar-refractivity contribution is 5.70. The minimum atomic E-state index is -1.98. The number of aliphatic hydroxyl groups excluding tert-OH is 2. The van der Waals surface area contributed by atoms with Crippen molar-refractivity contribution in [1.82, 2.24) is 19.5 Å². The molecule has 0 unspecified atom stereocenters. The van der Waals surface area contributed by atoms with Gasteiger partial charge in [-0.15, -0.1) is 0 Å². The van der Waals surface area contributed by atoms with Gasteiger partial charge >= 0.3 is 0 Å². The molecule has 3 rings (SSSR count). The minimum absolute atomic E-state index is 0.00301. The first-order chi connectivity index (χ1) is 9.48. The van der Waals surface area contributed by atoms with Crippen LogP contribution in [0.4, 0.5) is 5.95 Å². The number of nitrogens with zero attached hydrogens (tertiary/aromatic N) is 3. The van der Waals surface area contributed by atoms with Crippen molar-refractivity contribution in [2.75, 3.05) is 18.9 Å². The van der Waals surface area contributed by atoms with E-state index >= 15 is 0 Å². The summed E-state index contributed by atoms with van der Waals surface area (Å²) in [6.07, 6.45) is -1.23. The second-order valence-corrected chi connectivity index (χ2v) is 4.54. The van der Waals surface area contributed by atoms with E-state index < -0.39 is 30.1 Å². The number of rotatable bonds is 2. The zero-order chi connectivity index (χ0) is 14.5. The molecule has 0 radical (unpaired) electrons. The highest BCUT2D eigenvalue weighted by atomic mass is 16.6. The number of nitrogens with one attached hydrogen (secondary N) is 1. The van der Waals surface area contributed by atoms with Gasteiger partial charge in [0.25, 0.3) is 5.56 Å². The SMILES string of the molecule is Nc1nc2c(ncn2[C@]2(O)[C@@H](O)CO[C@@H]2CO)c(=O)[nH]1. The maximum absolute atomic E-state index is 11.7. The van der Waals surface area contributed by atoms with Crippen molar-refractivity contribution < 1.29 is 20.1 Å². The van der Waals surface area contributed by atoms with Crippen molar-refractivity contribution in [1.29, 1.82) is 0 Å². The molecular formula is C10H13N5O5. The summed E-state index contributed by atoms with van der Waals surface area (Å²) < 4.78 is 6.21. The zero-order valence-electron chi connectivity index (χ0n) is 10.2. The van der Waals surface area contributed by atoms with Crippen molar-refractivity contribution in [2.24, 2.45) is 0 Å². The third-order valence-corrected chi connectivity index (χ3v) is 3.40. The Morgan fingerprint density at radius 2 is 2.40 bits per heavy atom. The molecule has 2 aromatic heterocycles. The fraction of sp³-hybridized carbons (Fsp3) is 0.500. The first-order valence-corrected chi connectivity index (χ1v) is 5.84. The van der Waals surface area contributed by atoms with Gasteiger partial charge in [0.1, 0.15) is 12.2 Å². The number of anilines is 1. The molecule has 0 aliphatic carbocycles. The van der Waals surface area contributed by atoms with E-state index in [0.29, 0.717) is 0 Å². The highest BCUT2D eigenvalue weighted by Crippen LogP contribution is 2.33. The first kappa shape index (κ1) is 13.0. The van der Waals surface area contributed by atoms with Gasteiger partial charge in [-0.1, -0.05) is 0 Å². The molecule has 0 aromatic carbocycles. The summed E-state index contributed by atoms with van der Waals surface area (Å²) in [5, 5.41) is 29.9. The van der Waals surface area contributed by atoms with E-state index in [9.17, 15) is 20.1 Å². The Hall–Kier alpha value is -2.01. The monoisotopic (exact) mass is 283 g/mol. The van der Waals surface area contributed by atoms with Gasteiger partial charge in [-0.05, 0) is 0 Å². The summed E-state index contributed by atoms with van der Waals surface area (Å²) in [7, 11) is 0. The van der Waals surface area contributed by atoms with Gasteiger partial charge < -0.3 is 25.8 Å². The number of aromatic nitrogens is 4. The summed E-state index contributed by atoms with van der Waals surface area (Å²) in [6.45, 7) is -0.689. The molecule has 0 amide bonds. The van der Waals surface area contributed by atoms with Crippen molar-refractivity contribution >= 4 is 17.1 Å². The third kappa shape index (κ3) is 1.56. The third-order valence-electron chi connectivity index (χ3n) is 3.40. The standard InChI is InChI=1S/C10H13N5O5/c11-9-13-7-6(8(18)14-9)12-3-15(7)10(19)4(17)2-20-5(10)1-16/h3-5,16-17,19H,1-2H2,(H3,11,13,14,18)/t4-,5+,10-/m0/s1. The number of aliphatic hydroxyl groups is 3. The first-order valence-electron chi connectivity index (χ1n) is 5.84. The quantitative estimate of drug-likeness (QED) is 0.392. The summed E-state index contributed by atoms with van der Waals surface area (Å²) in [4.78, 5) is 21.7. The second-order valence-electron chi connectivity index (χ2n) is 4.54. The number of ether oxygens (including phenoxy) is 1. The summed E-state index contributed by atoms with van der Waals surface area (Å²) in [6, 6.07) is 0. The Balaban J connectivity index is 2.26. The summed E-state index contributed by atoms with van der Waals surface area (Å²) in [5.41, 5.74) is 2.88. The van der Waals surface area contributed by atoms with Crippen LogP contribution in [-0.4, -0.2) is 60.3 Å². The van der Waals surface area contributed by atoms with Crippen molar-refractivity contribution in [3.05, 3.63) is 16.7 Å². The van der Waals surface area contributed by atoms with Gasteiger partial charge in [0.15, 0.2) is 11.2 Å². The number of nitrogens with two attached hydrogens (primary N) is 1. The zero-order valence-corrected chi connectivity index (χ0v) is 10.2. The van der Waals surface area contributed by atoms with Gasteiger partial charge in [-0.3, -0.25) is 14.3 Å². The van der Waals surface area contributed by atoms with Crippen molar-refractivity contribution in [3.63, 3.8) is 0 Å². The molecular weight excluding hydrogens is 270 g/mol. The number of nitrogen functional groups attached to an aromatic ring is 1. The van der Waals surface area contributed by atoms with E-state index in [4.69, 9.17) is 10.5 Å². The molecule has 1 aliphatic rings. The Bertz CT molecular complexity index is 712. The van der Waals surface area contributed by atoms with Crippen LogP contribution in [0.2, 0.25) is 0 Å². The molecule has 2 aromatic rings. The van der Waals surface area contributed by atoms with E-state index in [1.807, 2.05) is 0 Å². The largest absolute Gasteiger partial charge is 0.393 e. The number of H-pyrrole nitrogens is 1. The Morgan fingerprint density at radius 1 is 1.65 bits per heavy atom. The molecule has 1 aliphatic heterocycles. The molecule has 0 saturated carbocycles. The van der Waals surface area contributed by atoms with Gasteiger partial charge in [-0.2, -0.15) is 4.98 Å². The fourth-order valence-corrected chi connectivity index (χ4v) is 2.36. The van der Waals surface area contributed by atoms with Crippen LogP contribution in [-0.2, 0) is 10.5 Å². The number of aromatic amines is 1. The average molecular weight is 283 g/mol. The van der Waals surface area contributed by atoms with Crippen LogP contribution in [0.5, 0.6) is 0 Å². The number of hydrogen-bond donors (Lipinski definition) is 5. The van der Waals surface area contributed by atoms with E-state index in [1.54, 1.807) is 0 Å². The smallest absolute Gasteiger partial charge is 0.280 e. The fourth-order valence-electron chi connectivity index (χ4n) is 2.36. The van der Waals surface area contributed by atoms with Gasteiger partial charge in [-0.25, -0.2) is 4.98 Å². The van der Waals surface area contributed by atoms with Crippen LogP contribution in [0, 0.1) is 0 Å². The Labute approximate surface area is 111 Å². The lowest BCUT2D eigenvalue weighted by molar-refractivity contribution is -0.148. The Kier molecular flexibility index (Phi) is 2.76. The molecule has 0 bridgehead atoms. The molecule has 10 heteroatoms. The molecule has 3 atom stereocenters. The van der Waals surface area contributed by atoms with Crippen LogP contribution >= 0.6 is 0 Å². The predicted octanol–water partition coefficient (Wildman–Crippen LogP) is -2.90. The molecule has 20 heavy (non-hydrogen) atoms. The van der Waals surface area contributed by atoms with E-state index in [0.717, 1.165) is 10.9 Å². The van der Waals surface area contributed by atoms with Gasteiger partial charge in [0, 0.05) is 0 Å². The van der Waals surface area contributed by atoms with E-state index in [-0.39, 0.29) is 23.7 Å². The van der Waals surface area contributed by atoms with Crippen LogP contribution in [0.15, 0.2) is 11.1 Å². The van der Waals surface area contributed by atoms with Crippen LogP contribution in [0.1, 0.15) is 0 Å². The minimum Gasteiger partial charge on any atom is -0.393 e. The van der Waals surface area contributed by atoms with Crippen LogP contribution < -0.4 is 11.3 Å². The maximum Gasteiger partial charge on any atom is 0.280 e. The topological polar surface area (TPSA) is 160 Å². The number of fused-ring (bicyclic) bond motifs is 1. The number of imidazole rings is 1. The molecule has 1 saturated heterocycles. The lowest BCUT2D eigenvalue weighted by Crippen LogP contribution is -2.50. The van der Waals surface area contributed by atoms with Gasteiger partial charge in [0.05, 0.1) is 19.5 Å². The predicted molar refractivity (Wildman–Crippen MR) is 65.6 cm³/mol. The molecule has 10 nitrogen and oxygen atoms in total. The lowest BCUT2D eigenvalue weighted by Gasteiger charge is -2.31. The van der Waals surface area contributed by atoms with Crippen LogP contribution in [0.25, 0.3) is 11.2 Å². The lowest BCUT2D eigenvalue weighted by atomic mass is 10.0. The van der Waals surface area contributed by atoms with Crippen molar-refractivity contribution in [2.45, 2.75) is 17.9 Å². The number of hydrogen-bond acceptors (Lipinski definition) is 8. The highest BCUT2D eigenvalue weighted by Gasteiger charge is 2.52. The maximum atomic E-state index is 11.7. The molecule has 0 spiro atoms. The summed E-state index contributed by atoms with van der Waals surface area (Å²) >= 11 is 0. The van der Waals surface area contributed by atoms with Gasteiger partial charge in [0.2, 0.25) is 11.7 Å². The molecule has 108 valence electrons. The molecule has 6 N–H and O–H groups in total. The molecule has 1 fully saturated rings. The van der Waals surface area contributed by atoms with E-state index in [1.165, 1.54) is 0 Å². The van der Waals surface area contributed by atoms with E-state index in [2.05, 4.69) is 15.0 Å².